The summed E-state index contributed by atoms with van der Waals surface area (Å²) in [6.45, 7) is 13.4. The Hall–Kier alpha value is -1.10. The average Bonchev–Trinajstić information content (AvgIpc) is 2.25. The number of amides is 1. The van der Waals surface area contributed by atoms with Gasteiger partial charge in [-0.1, -0.05) is 41.5 Å². The maximum Gasteiger partial charge on any atom is 0.320 e. The van der Waals surface area contributed by atoms with Gasteiger partial charge in [-0.2, -0.15) is 0 Å². The summed E-state index contributed by atoms with van der Waals surface area (Å²) in [6.07, 6.45) is 0. The predicted molar refractivity (Wildman–Crippen MR) is 80.5 cm³/mol. The van der Waals surface area contributed by atoms with E-state index in [0.29, 0.717) is 24.9 Å². The normalized spacial score (nSPS) is 13.1. The van der Waals surface area contributed by atoms with Gasteiger partial charge in [0, 0.05) is 13.1 Å². The summed E-state index contributed by atoms with van der Waals surface area (Å²) in [6, 6.07) is -0.682. The summed E-state index contributed by atoms with van der Waals surface area (Å²) in [4.78, 5) is 25.1. The number of carbonyl (C=O) groups excluding carboxylic acids is 1. The molecule has 5 heteroatoms. The van der Waals surface area contributed by atoms with Crippen LogP contribution in [-0.2, 0) is 9.59 Å². The lowest BCUT2D eigenvalue weighted by Gasteiger charge is -2.27. The molecule has 0 aliphatic heterocycles. The average molecular weight is 286 g/mol. The molecular formula is C15H30N2O3. The van der Waals surface area contributed by atoms with Gasteiger partial charge in [-0.15, -0.1) is 0 Å². The van der Waals surface area contributed by atoms with Crippen molar-refractivity contribution in [1.29, 1.82) is 0 Å². The third-order valence-electron chi connectivity index (χ3n) is 2.93. The van der Waals surface area contributed by atoms with Gasteiger partial charge in [-0.3, -0.25) is 14.9 Å². The van der Waals surface area contributed by atoms with E-state index >= 15 is 0 Å². The van der Waals surface area contributed by atoms with Gasteiger partial charge in [0.1, 0.15) is 6.04 Å². The number of nitrogens with one attached hydrogen (secondary N) is 1. The Balaban J connectivity index is 4.55. The molecule has 0 saturated carbocycles. The van der Waals surface area contributed by atoms with Crippen molar-refractivity contribution in [3.05, 3.63) is 0 Å². The quantitative estimate of drug-likeness (QED) is 0.678. The molecule has 118 valence electrons. The molecule has 1 unspecified atom stereocenters. The fourth-order valence-corrected chi connectivity index (χ4v) is 2.08. The standard InChI is InChI=1S/C15H30N2O3/c1-10(2)8-17(9-11(3)4)13(18)7-16-14(12(5)6)15(19)20/h10-12,14,16H,7-9H2,1-6H3,(H,19,20). The molecule has 1 amide bonds. The molecule has 0 aliphatic carbocycles. The summed E-state index contributed by atoms with van der Waals surface area (Å²) in [7, 11) is 0. The number of hydrogen-bond acceptors (Lipinski definition) is 3. The summed E-state index contributed by atoms with van der Waals surface area (Å²) >= 11 is 0. The highest BCUT2D eigenvalue weighted by molar-refractivity contribution is 5.80. The first-order valence-corrected chi connectivity index (χ1v) is 7.39. The van der Waals surface area contributed by atoms with Gasteiger partial charge in [-0.05, 0) is 17.8 Å². The molecule has 0 aromatic carbocycles. The summed E-state index contributed by atoms with van der Waals surface area (Å²) < 4.78 is 0. The number of aliphatic carboxylic acids is 1. The van der Waals surface area contributed by atoms with Gasteiger partial charge in [0.25, 0.3) is 0 Å². The molecule has 0 aromatic heterocycles. The van der Waals surface area contributed by atoms with E-state index in [2.05, 4.69) is 33.0 Å². The molecule has 0 saturated heterocycles. The fourth-order valence-electron chi connectivity index (χ4n) is 2.08. The lowest BCUT2D eigenvalue weighted by atomic mass is 10.0. The van der Waals surface area contributed by atoms with E-state index in [9.17, 15) is 9.59 Å². The van der Waals surface area contributed by atoms with Crippen LogP contribution >= 0.6 is 0 Å². The number of carboxylic acids is 1. The second kappa shape index (κ2) is 8.95. The van der Waals surface area contributed by atoms with E-state index in [1.807, 2.05) is 18.7 Å². The molecule has 5 nitrogen and oxygen atoms in total. The number of carbonyl (C=O) groups is 2. The zero-order valence-electron chi connectivity index (χ0n) is 13.6. The highest BCUT2D eigenvalue weighted by Gasteiger charge is 2.23. The van der Waals surface area contributed by atoms with Crippen molar-refractivity contribution >= 4 is 11.9 Å². The Morgan fingerprint density at radius 2 is 1.45 bits per heavy atom. The third-order valence-corrected chi connectivity index (χ3v) is 2.93. The summed E-state index contributed by atoms with van der Waals surface area (Å²) in [5.41, 5.74) is 0. The van der Waals surface area contributed by atoms with Crippen LogP contribution in [-0.4, -0.2) is 47.6 Å². The number of carboxylic acid groups (broad SMARTS) is 1. The maximum absolute atomic E-state index is 12.2. The van der Waals surface area contributed by atoms with Gasteiger partial charge in [0.15, 0.2) is 0 Å². The Bertz CT molecular complexity index is 304. The topological polar surface area (TPSA) is 69.6 Å². The van der Waals surface area contributed by atoms with Crippen LogP contribution in [0.5, 0.6) is 0 Å². The highest BCUT2D eigenvalue weighted by Crippen LogP contribution is 2.05. The van der Waals surface area contributed by atoms with Crippen molar-refractivity contribution in [3.63, 3.8) is 0 Å². The molecule has 20 heavy (non-hydrogen) atoms. The van der Waals surface area contributed by atoms with E-state index in [0.717, 1.165) is 0 Å². The zero-order valence-corrected chi connectivity index (χ0v) is 13.6. The van der Waals surface area contributed by atoms with Crippen molar-refractivity contribution in [2.24, 2.45) is 17.8 Å². The van der Waals surface area contributed by atoms with Gasteiger partial charge < -0.3 is 10.0 Å². The minimum absolute atomic E-state index is 0.0284. The number of nitrogens with zero attached hydrogens (tertiary/aromatic N) is 1. The van der Waals surface area contributed by atoms with Crippen LogP contribution in [0, 0.1) is 17.8 Å². The Morgan fingerprint density at radius 1 is 1.00 bits per heavy atom. The fraction of sp³-hybridized carbons (Fsp3) is 0.867. The first-order valence-electron chi connectivity index (χ1n) is 7.39. The van der Waals surface area contributed by atoms with E-state index < -0.39 is 12.0 Å². The highest BCUT2D eigenvalue weighted by atomic mass is 16.4. The lowest BCUT2D eigenvalue weighted by molar-refractivity contribution is -0.141. The van der Waals surface area contributed by atoms with Crippen LogP contribution in [0.2, 0.25) is 0 Å². The monoisotopic (exact) mass is 286 g/mol. The van der Waals surface area contributed by atoms with Crippen LogP contribution in [0.1, 0.15) is 41.5 Å². The van der Waals surface area contributed by atoms with Crippen LogP contribution in [0.25, 0.3) is 0 Å². The summed E-state index contributed by atoms with van der Waals surface area (Å²) in [5, 5.41) is 12.0. The molecule has 1 atom stereocenters. The SMILES string of the molecule is CC(C)CN(CC(C)C)C(=O)CNC(C(=O)O)C(C)C. The minimum Gasteiger partial charge on any atom is -0.480 e. The van der Waals surface area contributed by atoms with Crippen LogP contribution in [0.4, 0.5) is 0 Å². The smallest absolute Gasteiger partial charge is 0.320 e. The molecule has 0 heterocycles. The predicted octanol–water partition coefficient (Wildman–Crippen LogP) is 1.83. The summed E-state index contributed by atoms with van der Waals surface area (Å²) in [5.74, 6) is -0.188. The van der Waals surface area contributed by atoms with E-state index in [4.69, 9.17) is 5.11 Å². The zero-order chi connectivity index (χ0) is 15.9. The third kappa shape index (κ3) is 7.48. The molecule has 2 N–H and O–H groups in total. The minimum atomic E-state index is -0.910. The lowest BCUT2D eigenvalue weighted by Crippen LogP contribution is -2.48. The number of hydrogen-bond donors (Lipinski definition) is 2. The maximum atomic E-state index is 12.2. The second-order valence-corrected chi connectivity index (χ2v) is 6.53. The molecule has 0 fully saturated rings. The van der Waals surface area contributed by atoms with Gasteiger partial charge >= 0.3 is 5.97 Å². The second-order valence-electron chi connectivity index (χ2n) is 6.53. The van der Waals surface area contributed by atoms with Gasteiger partial charge in [0.2, 0.25) is 5.91 Å². The Morgan fingerprint density at radius 3 is 1.75 bits per heavy atom. The molecule has 0 aromatic rings. The van der Waals surface area contributed by atoms with Crippen molar-refractivity contribution in [2.75, 3.05) is 19.6 Å². The van der Waals surface area contributed by atoms with Crippen LogP contribution in [0.15, 0.2) is 0 Å². The first-order chi connectivity index (χ1) is 9.15. The first kappa shape index (κ1) is 18.9. The van der Waals surface area contributed by atoms with Crippen molar-refractivity contribution in [3.8, 4) is 0 Å². The Kier molecular flexibility index (Phi) is 8.46. The molecule has 0 radical (unpaired) electrons. The number of rotatable bonds is 9. The molecular weight excluding hydrogens is 256 g/mol. The molecule has 0 rings (SSSR count). The van der Waals surface area contributed by atoms with E-state index in [-0.39, 0.29) is 18.4 Å². The van der Waals surface area contributed by atoms with Crippen molar-refractivity contribution in [1.82, 2.24) is 10.2 Å². The van der Waals surface area contributed by atoms with Gasteiger partial charge in [0.05, 0.1) is 6.54 Å². The van der Waals surface area contributed by atoms with E-state index in [1.54, 1.807) is 0 Å². The molecule has 0 spiro atoms. The largest absolute Gasteiger partial charge is 0.480 e. The molecule has 0 bridgehead atoms. The Labute approximate surface area is 122 Å². The van der Waals surface area contributed by atoms with Crippen molar-refractivity contribution < 1.29 is 14.7 Å². The van der Waals surface area contributed by atoms with Crippen LogP contribution < -0.4 is 5.32 Å². The van der Waals surface area contributed by atoms with Gasteiger partial charge in [-0.25, -0.2) is 0 Å². The van der Waals surface area contributed by atoms with Crippen LogP contribution in [0.3, 0.4) is 0 Å². The van der Waals surface area contributed by atoms with Crippen molar-refractivity contribution in [2.45, 2.75) is 47.6 Å². The molecule has 0 aliphatic rings. The van der Waals surface area contributed by atoms with E-state index in [1.165, 1.54) is 0 Å².